The lowest BCUT2D eigenvalue weighted by Crippen LogP contribution is -2.18. The number of hydrogen-bond acceptors (Lipinski definition) is 2. The van der Waals surface area contributed by atoms with E-state index in [1.165, 1.54) is 0 Å². The lowest BCUT2D eigenvalue weighted by Gasteiger charge is -2.13. The number of Topliss-reactive ketones (excluding diaryl/α,β-unsaturated/α-hetero) is 1. The highest BCUT2D eigenvalue weighted by molar-refractivity contribution is 6.05. The molecular formula is C16H15NO. The van der Waals surface area contributed by atoms with Crippen LogP contribution in [0.4, 0.5) is 0 Å². The van der Waals surface area contributed by atoms with Gasteiger partial charge in [0.25, 0.3) is 0 Å². The molecule has 0 saturated heterocycles. The lowest BCUT2D eigenvalue weighted by molar-refractivity contribution is 0.0863. The van der Waals surface area contributed by atoms with Crippen molar-refractivity contribution in [1.82, 2.24) is 4.98 Å². The van der Waals surface area contributed by atoms with Gasteiger partial charge >= 0.3 is 0 Å². The molecule has 0 N–H and O–H groups in total. The minimum Gasteiger partial charge on any atom is -0.294 e. The van der Waals surface area contributed by atoms with Crippen molar-refractivity contribution in [3.05, 3.63) is 53.7 Å². The fourth-order valence-electron chi connectivity index (χ4n) is 2.56. The first kappa shape index (κ1) is 11.1. The molecule has 2 heteroatoms. The third kappa shape index (κ3) is 1.65. The van der Waals surface area contributed by atoms with Crippen LogP contribution in [0.3, 0.4) is 0 Å². The Labute approximate surface area is 107 Å². The first-order valence-electron chi connectivity index (χ1n) is 6.17. The maximum Gasteiger partial charge on any atom is 0.169 e. The first-order chi connectivity index (χ1) is 8.58. The van der Waals surface area contributed by atoms with Crippen molar-refractivity contribution in [2.45, 2.75) is 20.3 Å². The molecule has 1 heterocycles. The highest BCUT2D eigenvalue weighted by Crippen LogP contribution is 2.37. The molecule has 3 rings (SSSR count). The quantitative estimate of drug-likeness (QED) is 0.759. The Bertz CT molecular complexity index is 614. The van der Waals surface area contributed by atoms with Gasteiger partial charge in [0.1, 0.15) is 0 Å². The summed E-state index contributed by atoms with van der Waals surface area (Å²) in [6.45, 7) is 4.02. The highest BCUT2D eigenvalue weighted by Gasteiger charge is 2.37. The van der Waals surface area contributed by atoms with Gasteiger partial charge in [0.2, 0.25) is 0 Å². The van der Waals surface area contributed by atoms with Crippen molar-refractivity contribution in [3.63, 3.8) is 0 Å². The molecule has 90 valence electrons. The van der Waals surface area contributed by atoms with Crippen LogP contribution in [0.2, 0.25) is 0 Å². The summed E-state index contributed by atoms with van der Waals surface area (Å²) < 4.78 is 0. The van der Waals surface area contributed by atoms with E-state index >= 15 is 0 Å². The number of fused-ring (bicyclic) bond motifs is 1. The van der Waals surface area contributed by atoms with Gasteiger partial charge in [0.15, 0.2) is 5.78 Å². The van der Waals surface area contributed by atoms with Gasteiger partial charge in [-0.15, -0.1) is 0 Å². The molecule has 2 aromatic rings. The molecule has 0 spiro atoms. The summed E-state index contributed by atoms with van der Waals surface area (Å²) in [4.78, 5) is 16.6. The van der Waals surface area contributed by atoms with E-state index in [-0.39, 0.29) is 11.2 Å². The Kier molecular flexibility index (Phi) is 2.34. The van der Waals surface area contributed by atoms with Gasteiger partial charge in [0, 0.05) is 22.7 Å². The molecule has 0 fully saturated rings. The Morgan fingerprint density at radius 1 is 1.17 bits per heavy atom. The lowest BCUT2D eigenvalue weighted by atomic mass is 9.89. The number of pyridine rings is 1. The predicted molar refractivity (Wildman–Crippen MR) is 71.5 cm³/mol. The zero-order valence-corrected chi connectivity index (χ0v) is 10.6. The maximum absolute atomic E-state index is 12.3. The molecule has 0 radical (unpaired) electrons. The van der Waals surface area contributed by atoms with Crippen molar-refractivity contribution in [1.29, 1.82) is 0 Å². The smallest absolute Gasteiger partial charge is 0.169 e. The molecule has 1 aliphatic carbocycles. The number of nitrogens with zero attached hydrogens (tertiary/aromatic N) is 1. The second-order valence-electron chi connectivity index (χ2n) is 5.48. The van der Waals surface area contributed by atoms with Crippen LogP contribution in [0.15, 0.2) is 42.6 Å². The second kappa shape index (κ2) is 3.77. The van der Waals surface area contributed by atoms with Crippen LogP contribution < -0.4 is 0 Å². The number of ketones is 1. The fraction of sp³-hybridized carbons (Fsp3) is 0.250. The normalized spacial score (nSPS) is 16.7. The SMILES string of the molecule is CC1(C)Cc2ccc(-c3ccccn3)cc2C1=O. The van der Waals surface area contributed by atoms with E-state index in [9.17, 15) is 4.79 Å². The molecule has 0 aliphatic heterocycles. The van der Waals surface area contributed by atoms with E-state index in [1.807, 2.05) is 38.1 Å². The summed E-state index contributed by atoms with van der Waals surface area (Å²) in [5.41, 5.74) is 3.69. The van der Waals surface area contributed by atoms with Crippen molar-refractivity contribution >= 4 is 5.78 Å². The van der Waals surface area contributed by atoms with E-state index in [2.05, 4.69) is 17.1 Å². The molecule has 0 bridgehead atoms. The predicted octanol–water partition coefficient (Wildman–Crippen LogP) is 3.51. The third-order valence-corrected chi connectivity index (χ3v) is 3.56. The summed E-state index contributed by atoms with van der Waals surface area (Å²) in [5.74, 6) is 0.246. The zero-order chi connectivity index (χ0) is 12.8. The molecule has 18 heavy (non-hydrogen) atoms. The van der Waals surface area contributed by atoms with Crippen molar-refractivity contribution < 1.29 is 4.79 Å². The number of carbonyl (C=O) groups excluding carboxylic acids is 1. The molecule has 1 aromatic carbocycles. The molecule has 2 nitrogen and oxygen atoms in total. The van der Waals surface area contributed by atoms with Crippen LogP contribution in [0.1, 0.15) is 29.8 Å². The Morgan fingerprint density at radius 3 is 2.72 bits per heavy atom. The van der Waals surface area contributed by atoms with Crippen molar-refractivity contribution in [2.24, 2.45) is 5.41 Å². The van der Waals surface area contributed by atoms with E-state index in [0.717, 1.165) is 28.8 Å². The van der Waals surface area contributed by atoms with Gasteiger partial charge < -0.3 is 0 Å². The molecule has 0 atom stereocenters. The van der Waals surface area contributed by atoms with Crippen LogP contribution in [-0.4, -0.2) is 10.8 Å². The summed E-state index contributed by atoms with van der Waals surface area (Å²) in [6.07, 6.45) is 2.61. The summed E-state index contributed by atoms with van der Waals surface area (Å²) in [7, 11) is 0. The number of aromatic nitrogens is 1. The number of hydrogen-bond donors (Lipinski definition) is 0. The van der Waals surface area contributed by atoms with Gasteiger partial charge in [-0.1, -0.05) is 32.0 Å². The number of rotatable bonds is 1. The molecular weight excluding hydrogens is 222 g/mol. The topological polar surface area (TPSA) is 30.0 Å². The summed E-state index contributed by atoms with van der Waals surface area (Å²) >= 11 is 0. The van der Waals surface area contributed by atoms with E-state index in [0.29, 0.717) is 0 Å². The fourth-order valence-corrected chi connectivity index (χ4v) is 2.56. The molecule has 0 saturated carbocycles. The largest absolute Gasteiger partial charge is 0.294 e. The standard InChI is InChI=1S/C16H15NO/c1-16(2)10-12-7-6-11(9-13(12)15(16)18)14-5-3-4-8-17-14/h3-9H,10H2,1-2H3. The van der Waals surface area contributed by atoms with Crippen LogP contribution in [-0.2, 0) is 6.42 Å². The van der Waals surface area contributed by atoms with Gasteiger partial charge in [0.05, 0.1) is 5.69 Å². The third-order valence-electron chi connectivity index (χ3n) is 3.56. The van der Waals surface area contributed by atoms with Crippen LogP contribution >= 0.6 is 0 Å². The average Bonchev–Trinajstić information content (AvgIpc) is 2.61. The Morgan fingerprint density at radius 2 is 2.00 bits per heavy atom. The van der Waals surface area contributed by atoms with Gasteiger partial charge in [-0.3, -0.25) is 9.78 Å². The van der Waals surface area contributed by atoms with Crippen molar-refractivity contribution in [3.8, 4) is 11.3 Å². The highest BCUT2D eigenvalue weighted by atomic mass is 16.1. The van der Waals surface area contributed by atoms with Crippen LogP contribution in [0.5, 0.6) is 0 Å². The van der Waals surface area contributed by atoms with E-state index in [4.69, 9.17) is 0 Å². The van der Waals surface area contributed by atoms with Crippen LogP contribution in [0, 0.1) is 5.41 Å². The Balaban J connectivity index is 2.10. The van der Waals surface area contributed by atoms with Crippen LogP contribution in [0.25, 0.3) is 11.3 Å². The summed E-state index contributed by atoms with van der Waals surface area (Å²) in [5, 5.41) is 0. The van der Waals surface area contributed by atoms with Crippen molar-refractivity contribution in [2.75, 3.05) is 0 Å². The maximum atomic E-state index is 12.3. The van der Waals surface area contributed by atoms with Gasteiger partial charge in [-0.2, -0.15) is 0 Å². The zero-order valence-electron chi connectivity index (χ0n) is 10.6. The monoisotopic (exact) mass is 237 g/mol. The van der Waals surface area contributed by atoms with Gasteiger partial charge in [-0.25, -0.2) is 0 Å². The average molecular weight is 237 g/mol. The van der Waals surface area contributed by atoms with Gasteiger partial charge in [-0.05, 0) is 30.2 Å². The summed E-state index contributed by atoms with van der Waals surface area (Å²) in [6, 6.07) is 11.9. The minimum atomic E-state index is -0.259. The van der Waals surface area contributed by atoms with E-state index in [1.54, 1.807) is 6.20 Å². The number of benzene rings is 1. The molecule has 0 amide bonds. The second-order valence-corrected chi connectivity index (χ2v) is 5.48. The Hall–Kier alpha value is -1.96. The van der Waals surface area contributed by atoms with E-state index < -0.39 is 0 Å². The first-order valence-corrected chi connectivity index (χ1v) is 6.17. The molecule has 1 aromatic heterocycles. The molecule has 1 aliphatic rings. The number of carbonyl (C=O) groups is 1. The minimum absolute atomic E-state index is 0.246. The molecule has 0 unspecified atom stereocenters.